The first-order valence-electron chi connectivity index (χ1n) is 6.98. The van der Waals surface area contributed by atoms with Gasteiger partial charge in [0.2, 0.25) is 5.91 Å². The molecule has 2 rings (SSSR count). The van der Waals surface area contributed by atoms with Gasteiger partial charge in [-0.25, -0.2) is 0 Å². The standard InChI is InChI=1S/C15H23N3O/c1-11(9-16)6-7-18-14-4-2-12(10-17)8-13(14)3-5-15(18)19/h2,4,8,11H,3,5-7,9-10,16-17H2,1H3. The van der Waals surface area contributed by atoms with Crippen LogP contribution in [0.3, 0.4) is 0 Å². The Morgan fingerprint density at radius 1 is 1.32 bits per heavy atom. The Kier molecular flexibility index (Phi) is 4.56. The van der Waals surface area contributed by atoms with E-state index in [0.29, 0.717) is 25.4 Å². The number of rotatable bonds is 5. The van der Waals surface area contributed by atoms with Crippen molar-refractivity contribution in [3.63, 3.8) is 0 Å². The van der Waals surface area contributed by atoms with Crippen LogP contribution in [0.25, 0.3) is 0 Å². The highest BCUT2D eigenvalue weighted by molar-refractivity contribution is 5.96. The van der Waals surface area contributed by atoms with Crippen molar-refractivity contribution < 1.29 is 4.79 Å². The molecule has 1 aliphatic rings. The van der Waals surface area contributed by atoms with E-state index >= 15 is 0 Å². The third kappa shape index (κ3) is 3.14. The van der Waals surface area contributed by atoms with Gasteiger partial charge in [-0.2, -0.15) is 0 Å². The smallest absolute Gasteiger partial charge is 0.227 e. The van der Waals surface area contributed by atoms with E-state index < -0.39 is 0 Å². The SMILES string of the molecule is CC(CN)CCN1C(=O)CCc2cc(CN)ccc21. The van der Waals surface area contributed by atoms with Crippen molar-refractivity contribution in [1.29, 1.82) is 0 Å². The number of carbonyl (C=O) groups excluding carboxylic acids is 1. The molecule has 1 amide bonds. The summed E-state index contributed by atoms with van der Waals surface area (Å²) >= 11 is 0. The Morgan fingerprint density at radius 3 is 2.79 bits per heavy atom. The fourth-order valence-electron chi connectivity index (χ4n) is 2.45. The summed E-state index contributed by atoms with van der Waals surface area (Å²) in [6, 6.07) is 6.17. The van der Waals surface area contributed by atoms with Crippen molar-refractivity contribution in [2.75, 3.05) is 18.0 Å². The summed E-state index contributed by atoms with van der Waals surface area (Å²) in [7, 11) is 0. The van der Waals surface area contributed by atoms with E-state index in [-0.39, 0.29) is 5.91 Å². The number of nitrogens with zero attached hydrogens (tertiary/aromatic N) is 1. The molecule has 0 aromatic heterocycles. The monoisotopic (exact) mass is 261 g/mol. The second kappa shape index (κ2) is 6.17. The summed E-state index contributed by atoms with van der Waals surface area (Å²) in [6.45, 7) is 4.09. The zero-order chi connectivity index (χ0) is 13.8. The van der Waals surface area contributed by atoms with Crippen molar-refractivity contribution in [2.45, 2.75) is 32.7 Å². The Labute approximate surface area is 114 Å². The molecule has 0 saturated heterocycles. The second-order valence-corrected chi connectivity index (χ2v) is 5.34. The van der Waals surface area contributed by atoms with E-state index in [1.54, 1.807) is 0 Å². The van der Waals surface area contributed by atoms with Crippen LogP contribution in [0.1, 0.15) is 30.9 Å². The van der Waals surface area contributed by atoms with E-state index in [9.17, 15) is 4.79 Å². The molecule has 0 saturated carbocycles. The van der Waals surface area contributed by atoms with Gasteiger partial charge < -0.3 is 16.4 Å². The van der Waals surface area contributed by atoms with Gasteiger partial charge in [0.25, 0.3) is 0 Å². The van der Waals surface area contributed by atoms with Gasteiger partial charge in [0, 0.05) is 25.2 Å². The number of amides is 1. The van der Waals surface area contributed by atoms with Crippen molar-refractivity contribution in [3.05, 3.63) is 29.3 Å². The van der Waals surface area contributed by atoms with Crippen LogP contribution in [0.2, 0.25) is 0 Å². The molecule has 19 heavy (non-hydrogen) atoms. The number of aryl methyl sites for hydroxylation is 1. The molecule has 4 N–H and O–H groups in total. The van der Waals surface area contributed by atoms with Crippen molar-refractivity contribution >= 4 is 11.6 Å². The minimum atomic E-state index is 0.220. The first-order valence-corrected chi connectivity index (χ1v) is 6.98. The quantitative estimate of drug-likeness (QED) is 0.841. The summed E-state index contributed by atoms with van der Waals surface area (Å²) in [6.07, 6.45) is 2.36. The highest BCUT2D eigenvalue weighted by Gasteiger charge is 2.24. The van der Waals surface area contributed by atoms with Crippen LogP contribution in [0, 0.1) is 5.92 Å². The first kappa shape index (κ1) is 14.0. The minimum Gasteiger partial charge on any atom is -0.330 e. The predicted molar refractivity (Wildman–Crippen MR) is 77.8 cm³/mol. The van der Waals surface area contributed by atoms with Gasteiger partial charge in [0.05, 0.1) is 0 Å². The van der Waals surface area contributed by atoms with Gasteiger partial charge in [-0.05, 0) is 42.5 Å². The molecule has 0 radical (unpaired) electrons. The maximum atomic E-state index is 12.1. The molecule has 1 heterocycles. The molecule has 4 nitrogen and oxygen atoms in total. The van der Waals surface area contributed by atoms with Gasteiger partial charge in [-0.15, -0.1) is 0 Å². The van der Waals surface area contributed by atoms with E-state index in [2.05, 4.69) is 13.0 Å². The van der Waals surface area contributed by atoms with Crippen LogP contribution >= 0.6 is 0 Å². The fraction of sp³-hybridized carbons (Fsp3) is 0.533. The molecule has 1 atom stereocenters. The summed E-state index contributed by atoms with van der Waals surface area (Å²) in [5, 5.41) is 0. The number of fused-ring (bicyclic) bond motifs is 1. The lowest BCUT2D eigenvalue weighted by molar-refractivity contribution is -0.118. The molecular weight excluding hydrogens is 238 g/mol. The topological polar surface area (TPSA) is 72.3 Å². The summed E-state index contributed by atoms with van der Waals surface area (Å²) in [5.74, 6) is 0.665. The first-order chi connectivity index (χ1) is 9.15. The van der Waals surface area contributed by atoms with E-state index in [0.717, 1.165) is 30.6 Å². The van der Waals surface area contributed by atoms with Crippen LogP contribution in [-0.2, 0) is 17.8 Å². The van der Waals surface area contributed by atoms with Crippen LogP contribution in [-0.4, -0.2) is 19.0 Å². The maximum Gasteiger partial charge on any atom is 0.227 e. The Bertz CT molecular complexity index is 459. The molecule has 1 aromatic carbocycles. The van der Waals surface area contributed by atoms with Crippen molar-refractivity contribution in [1.82, 2.24) is 0 Å². The number of carbonyl (C=O) groups is 1. The van der Waals surface area contributed by atoms with E-state index in [1.807, 2.05) is 17.0 Å². The molecule has 1 aromatic rings. The van der Waals surface area contributed by atoms with E-state index in [4.69, 9.17) is 11.5 Å². The predicted octanol–water partition coefficient (Wildman–Crippen LogP) is 1.41. The van der Waals surface area contributed by atoms with Gasteiger partial charge in [0.1, 0.15) is 0 Å². The summed E-state index contributed by atoms with van der Waals surface area (Å²) in [5.41, 5.74) is 14.7. The molecule has 1 aliphatic heterocycles. The summed E-state index contributed by atoms with van der Waals surface area (Å²) in [4.78, 5) is 14.0. The molecule has 104 valence electrons. The average molecular weight is 261 g/mol. The van der Waals surface area contributed by atoms with Crippen LogP contribution in [0.15, 0.2) is 18.2 Å². The zero-order valence-electron chi connectivity index (χ0n) is 11.6. The van der Waals surface area contributed by atoms with Crippen LogP contribution in [0.4, 0.5) is 5.69 Å². The lowest BCUT2D eigenvalue weighted by atomic mass is 9.97. The molecule has 0 spiro atoms. The molecule has 0 aliphatic carbocycles. The highest BCUT2D eigenvalue weighted by atomic mass is 16.2. The number of benzene rings is 1. The van der Waals surface area contributed by atoms with E-state index in [1.165, 1.54) is 5.56 Å². The fourth-order valence-corrected chi connectivity index (χ4v) is 2.45. The molecule has 0 bridgehead atoms. The van der Waals surface area contributed by atoms with Gasteiger partial charge in [0.15, 0.2) is 0 Å². The Balaban J connectivity index is 2.18. The molecule has 4 heteroatoms. The molecule has 1 unspecified atom stereocenters. The third-order valence-corrected chi connectivity index (χ3v) is 3.83. The Hall–Kier alpha value is -1.39. The lowest BCUT2D eigenvalue weighted by Crippen LogP contribution is -2.37. The Morgan fingerprint density at radius 2 is 2.11 bits per heavy atom. The van der Waals surface area contributed by atoms with Gasteiger partial charge in [-0.3, -0.25) is 4.79 Å². The normalized spacial score (nSPS) is 16.4. The van der Waals surface area contributed by atoms with Crippen LogP contribution < -0.4 is 16.4 Å². The van der Waals surface area contributed by atoms with Crippen molar-refractivity contribution in [3.8, 4) is 0 Å². The average Bonchev–Trinajstić information content (AvgIpc) is 2.45. The zero-order valence-corrected chi connectivity index (χ0v) is 11.6. The molecule has 0 fully saturated rings. The van der Waals surface area contributed by atoms with Gasteiger partial charge >= 0.3 is 0 Å². The minimum absolute atomic E-state index is 0.220. The van der Waals surface area contributed by atoms with Gasteiger partial charge in [-0.1, -0.05) is 19.1 Å². The maximum absolute atomic E-state index is 12.1. The third-order valence-electron chi connectivity index (χ3n) is 3.83. The molecular formula is C15H23N3O. The number of anilines is 1. The largest absolute Gasteiger partial charge is 0.330 e. The second-order valence-electron chi connectivity index (χ2n) is 5.34. The number of nitrogens with two attached hydrogens (primary N) is 2. The highest BCUT2D eigenvalue weighted by Crippen LogP contribution is 2.29. The summed E-state index contributed by atoms with van der Waals surface area (Å²) < 4.78 is 0. The number of hydrogen-bond donors (Lipinski definition) is 2. The van der Waals surface area contributed by atoms with Crippen LogP contribution in [0.5, 0.6) is 0 Å². The lowest BCUT2D eigenvalue weighted by Gasteiger charge is -2.30. The van der Waals surface area contributed by atoms with Crippen molar-refractivity contribution in [2.24, 2.45) is 17.4 Å². The number of hydrogen-bond acceptors (Lipinski definition) is 3.